The second-order valence-electron chi connectivity index (χ2n) is 11.0. The molecule has 1 aliphatic heterocycles. The molecule has 10 nitrogen and oxygen atoms in total. The lowest BCUT2D eigenvalue weighted by atomic mass is 9.73. The van der Waals surface area contributed by atoms with Crippen molar-refractivity contribution >= 4 is 23.9 Å². The number of allylic oxidation sites excluding steroid dienone is 2. The van der Waals surface area contributed by atoms with E-state index in [4.69, 9.17) is 23.7 Å². The smallest absolute Gasteiger partial charge is 0.338 e. The molecule has 0 fully saturated rings. The molecule has 1 aromatic carbocycles. The van der Waals surface area contributed by atoms with Crippen LogP contribution in [-0.2, 0) is 38.1 Å². The number of esters is 4. The number of rotatable bonds is 8. The van der Waals surface area contributed by atoms with Crippen molar-refractivity contribution in [1.29, 1.82) is 0 Å². The Bertz CT molecular complexity index is 1300. The van der Waals surface area contributed by atoms with Gasteiger partial charge in [0.05, 0.1) is 17.7 Å². The van der Waals surface area contributed by atoms with E-state index in [1.807, 2.05) is 20.8 Å². The van der Waals surface area contributed by atoms with E-state index in [0.29, 0.717) is 24.0 Å². The van der Waals surface area contributed by atoms with E-state index >= 15 is 0 Å². The molecule has 43 heavy (non-hydrogen) atoms. The van der Waals surface area contributed by atoms with Gasteiger partial charge in [0.25, 0.3) is 0 Å². The molecule has 1 heterocycles. The van der Waals surface area contributed by atoms with Crippen LogP contribution in [0.1, 0.15) is 64.7 Å². The first-order chi connectivity index (χ1) is 20.3. The fourth-order valence-corrected chi connectivity index (χ4v) is 5.35. The van der Waals surface area contributed by atoms with Crippen molar-refractivity contribution < 1.29 is 48.0 Å². The summed E-state index contributed by atoms with van der Waals surface area (Å²) in [7, 11) is 0. The van der Waals surface area contributed by atoms with E-state index in [1.165, 1.54) is 27.0 Å². The molecule has 0 amide bonds. The first kappa shape index (κ1) is 33.3. The van der Waals surface area contributed by atoms with E-state index in [0.717, 1.165) is 11.1 Å². The fraction of sp³-hybridized carbons (Fsp3) is 0.455. The molecule has 0 saturated heterocycles. The molecule has 0 bridgehead atoms. The highest BCUT2D eigenvalue weighted by Gasteiger charge is 2.48. The van der Waals surface area contributed by atoms with Crippen molar-refractivity contribution in [2.75, 3.05) is 0 Å². The van der Waals surface area contributed by atoms with E-state index in [9.17, 15) is 24.3 Å². The van der Waals surface area contributed by atoms with Crippen LogP contribution in [0.25, 0.3) is 0 Å². The second kappa shape index (κ2) is 14.8. The zero-order chi connectivity index (χ0) is 31.8. The summed E-state index contributed by atoms with van der Waals surface area (Å²) in [6.07, 6.45) is -0.171. The number of aliphatic hydroxyl groups is 1. The summed E-state index contributed by atoms with van der Waals surface area (Å²) in [5, 5.41) is 11.4. The average molecular weight is 597 g/mol. The molecule has 1 N–H and O–H groups in total. The molecule has 0 spiro atoms. The molecular weight excluding hydrogens is 556 g/mol. The highest BCUT2D eigenvalue weighted by atomic mass is 16.7. The molecule has 0 saturated carbocycles. The molecule has 0 aromatic heterocycles. The number of hydrogen-bond acceptors (Lipinski definition) is 10. The van der Waals surface area contributed by atoms with Crippen molar-refractivity contribution in [3.05, 3.63) is 83.2 Å². The van der Waals surface area contributed by atoms with Crippen LogP contribution in [-0.4, -0.2) is 59.7 Å². The Morgan fingerprint density at radius 2 is 1.63 bits per heavy atom. The monoisotopic (exact) mass is 596 g/mol. The highest BCUT2D eigenvalue weighted by molar-refractivity contribution is 5.89. The van der Waals surface area contributed by atoms with Crippen LogP contribution < -0.4 is 0 Å². The number of hydrogen-bond donors (Lipinski definition) is 1. The molecule has 232 valence electrons. The summed E-state index contributed by atoms with van der Waals surface area (Å²) in [4.78, 5) is 49.6. The van der Waals surface area contributed by atoms with Crippen molar-refractivity contribution in [3.8, 4) is 0 Å². The van der Waals surface area contributed by atoms with Crippen molar-refractivity contribution in [2.24, 2.45) is 11.8 Å². The van der Waals surface area contributed by atoms with Crippen molar-refractivity contribution in [3.63, 3.8) is 0 Å². The van der Waals surface area contributed by atoms with E-state index in [1.54, 1.807) is 42.5 Å². The third kappa shape index (κ3) is 8.90. The maximum absolute atomic E-state index is 13.2. The lowest BCUT2D eigenvalue weighted by Crippen LogP contribution is -2.47. The Morgan fingerprint density at radius 1 is 0.977 bits per heavy atom. The summed E-state index contributed by atoms with van der Waals surface area (Å²) in [5.41, 5.74) is 2.58. The quantitative estimate of drug-likeness (QED) is 0.255. The van der Waals surface area contributed by atoms with Gasteiger partial charge in [-0.05, 0) is 63.5 Å². The predicted octanol–water partition coefficient (Wildman–Crippen LogP) is 4.73. The van der Waals surface area contributed by atoms with E-state index in [2.05, 4.69) is 6.58 Å². The minimum atomic E-state index is -1.37. The number of benzene rings is 1. The number of aliphatic hydroxyl groups excluding tert-OH is 1. The third-order valence-corrected chi connectivity index (χ3v) is 7.17. The first-order valence-corrected chi connectivity index (χ1v) is 14.1. The minimum absolute atomic E-state index is 0.195. The molecule has 10 heteroatoms. The SMILES string of the molecule is C=C1[C@@H]2[C@@H](OC(C)=O)OC=C([C@H](OC(C)=O)[C@@H](C=C(C)C)OC(=O)c3ccccc3)[C@H]2CC/C(C)=C\[C@H](OC(C)=O)[C@H]1O. The van der Waals surface area contributed by atoms with Crippen LogP contribution in [0.3, 0.4) is 0 Å². The van der Waals surface area contributed by atoms with Crippen LogP contribution in [0.2, 0.25) is 0 Å². The molecule has 2 aliphatic rings. The van der Waals surface area contributed by atoms with Crippen LogP contribution in [0.4, 0.5) is 0 Å². The normalized spacial score (nSPS) is 26.1. The first-order valence-electron chi connectivity index (χ1n) is 14.1. The van der Waals surface area contributed by atoms with Gasteiger partial charge in [-0.25, -0.2) is 4.79 Å². The van der Waals surface area contributed by atoms with Gasteiger partial charge in [-0.15, -0.1) is 0 Å². The van der Waals surface area contributed by atoms with Gasteiger partial charge in [0.15, 0.2) is 12.2 Å². The van der Waals surface area contributed by atoms with Crippen LogP contribution in [0.5, 0.6) is 0 Å². The lowest BCUT2D eigenvalue weighted by Gasteiger charge is -2.42. The summed E-state index contributed by atoms with van der Waals surface area (Å²) in [6.45, 7) is 13.3. The number of carbonyl (C=O) groups is 4. The van der Waals surface area contributed by atoms with Crippen LogP contribution >= 0.6 is 0 Å². The Morgan fingerprint density at radius 3 is 2.21 bits per heavy atom. The summed E-state index contributed by atoms with van der Waals surface area (Å²) in [5.74, 6) is -3.86. The Kier molecular flexibility index (Phi) is 11.5. The van der Waals surface area contributed by atoms with Gasteiger partial charge >= 0.3 is 23.9 Å². The molecule has 3 rings (SSSR count). The molecule has 0 unspecified atom stereocenters. The summed E-state index contributed by atoms with van der Waals surface area (Å²) < 4.78 is 28.6. The highest BCUT2D eigenvalue weighted by Crippen LogP contribution is 2.44. The molecule has 1 aromatic rings. The zero-order valence-electron chi connectivity index (χ0n) is 25.4. The minimum Gasteiger partial charge on any atom is -0.462 e. The van der Waals surface area contributed by atoms with Gasteiger partial charge in [-0.2, -0.15) is 0 Å². The largest absolute Gasteiger partial charge is 0.462 e. The van der Waals surface area contributed by atoms with Gasteiger partial charge in [-0.1, -0.05) is 35.9 Å². The van der Waals surface area contributed by atoms with Gasteiger partial charge < -0.3 is 28.8 Å². The Labute approximate surface area is 252 Å². The van der Waals surface area contributed by atoms with Crippen LogP contribution in [0, 0.1) is 11.8 Å². The molecule has 1 aliphatic carbocycles. The Balaban J connectivity index is 2.14. The molecule has 0 radical (unpaired) electrons. The number of carbonyl (C=O) groups excluding carboxylic acids is 4. The Hall–Kier alpha value is -4.18. The lowest BCUT2D eigenvalue weighted by molar-refractivity contribution is -0.183. The van der Waals surface area contributed by atoms with Gasteiger partial charge in [-0.3, -0.25) is 14.4 Å². The number of ether oxygens (including phenoxy) is 5. The van der Waals surface area contributed by atoms with Crippen LogP contribution in [0.15, 0.2) is 77.6 Å². The topological polar surface area (TPSA) is 135 Å². The molecular formula is C33H40O10. The third-order valence-electron chi connectivity index (χ3n) is 7.17. The maximum atomic E-state index is 13.2. The van der Waals surface area contributed by atoms with E-state index in [-0.39, 0.29) is 5.57 Å². The second-order valence-corrected chi connectivity index (χ2v) is 11.0. The maximum Gasteiger partial charge on any atom is 0.338 e. The van der Waals surface area contributed by atoms with Gasteiger partial charge in [0.1, 0.15) is 12.2 Å². The van der Waals surface area contributed by atoms with E-state index < -0.39 is 66.4 Å². The summed E-state index contributed by atoms with van der Waals surface area (Å²) >= 11 is 0. The fourth-order valence-electron chi connectivity index (χ4n) is 5.35. The van der Waals surface area contributed by atoms with Gasteiger partial charge in [0.2, 0.25) is 6.29 Å². The standard InChI is InChI=1S/C33H40O10/c1-18(2)15-28(43-32(38)24-11-9-8-10-12-24)31(41-22(6)35)26-17-39-33(42-23(7)36)29-20(4)30(37)27(40-21(5)34)16-19(3)13-14-25(26)29/h8-12,15-17,25,27-31,33,37H,4,13-14H2,1-3,5-7H3/b19-16-/t25-,27+,28-,29+,30+,31+,33-/m1/s1. The summed E-state index contributed by atoms with van der Waals surface area (Å²) in [6, 6.07) is 8.42. The van der Waals surface area contributed by atoms with Gasteiger partial charge in [0, 0.05) is 32.3 Å². The molecule has 7 atom stereocenters. The van der Waals surface area contributed by atoms with Crippen molar-refractivity contribution in [1.82, 2.24) is 0 Å². The zero-order valence-corrected chi connectivity index (χ0v) is 25.4. The van der Waals surface area contributed by atoms with Crippen molar-refractivity contribution in [2.45, 2.75) is 85.1 Å². The average Bonchev–Trinajstić information content (AvgIpc) is 2.96. The number of fused-ring (bicyclic) bond motifs is 1. The predicted molar refractivity (Wildman–Crippen MR) is 156 cm³/mol.